The van der Waals surface area contributed by atoms with Crippen molar-refractivity contribution in [3.05, 3.63) is 120 Å². The lowest BCUT2D eigenvalue weighted by Crippen LogP contribution is -2.60. The molecule has 7 amide bonds. The third kappa shape index (κ3) is 23.4. The van der Waals surface area contributed by atoms with Crippen LogP contribution in [0.5, 0.6) is 5.75 Å². The molecule has 0 saturated carbocycles. The number of fused-ring (bicyclic) bond motifs is 1. The van der Waals surface area contributed by atoms with Crippen LogP contribution < -0.4 is 70.8 Å². The van der Waals surface area contributed by atoms with Crippen molar-refractivity contribution in [3.8, 4) is 5.75 Å². The van der Waals surface area contributed by atoms with Crippen molar-refractivity contribution in [2.75, 3.05) is 19.6 Å². The van der Waals surface area contributed by atoms with Gasteiger partial charge in [0.2, 0.25) is 41.4 Å². The number of aliphatic carboxylic acids is 2. The smallest absolute Gasteiger partial charge is 0.326 e. The fourth-order valence-corrected chi connectivity index (χ4v) is 9.38. The minimum Gasteiger partial charge on any atom is -0.508 e. The highest BCUT2D eigenvalue weighted by Crippen LogP contribution is 2.20. The molecule has 30 heteroatoms. The van der Waals surface area contributed by atoms with Gasteiger partial charge in [-0.15, -0.1) is 0 Å². The molecule has 0 radical (unpaired) electrons. The van der Waals surface area contributed by atoms with E-state index in [4.69, 9.17) is 33.8 Å². The van der Waals surface area contributed by atoms with Crippen molar-refractivity contribution in [2.24, 2.45) is 22.9 Å². The molecule has 0 aliphatic rings. The Balaban J connectivity index is 1.41. The molecule has 8 atom stereocenters. The maximum absolute atomic E-state index is 14.6. The van der Waals surface area contributed by atoms with E-state index >= 15 is 0 Å². The van der Waals surface area contributed by atoms with Crippen molar-refractivity contribution >= 4 is 76.1 Å². The normalized spacial score (nSPS) is 13.8. The number of carbonyl (C=O) groups excluding carboxylic acids is 7. The molecule has 30 nitrogen and oxygen atoms in total. The Morgan fingerprint density at radius 2 is 1.00 bits per heavy atom. The van der Waals surface area contributed by atoms with Gasteiger partial charge in [0.1, 0.15) is 48.0 Å². The van der Waals surface area contributed by atoms with Crippen molar-refractivity contribution in [2.45, 2.75) is 132 Å². The molecule has 24 N–H and O–H groups in total. The second-order valence-corrected chi connectivity index (χ2v) is 20.9. The zero-order valence-electron chi connectivity index (χ0n) is 48.4. The molecule has 0 bridgehead atoms. The average Bonchev–Trinajstić information content (AvgIpc) is 4.35. The number of imidazole rings is 1. The first-order valence-electron chi connectivity index (χ1n) is 28.6. The molecule has 0 aliphatic heterocycles. The number of nitrogens with one attached hydrogen (secondary N) is 13. The van der Waals surface area contributed by atoms with Crippen LogP contribution in [0.3, 0.4) is 0 Å². The summed E-state index contributed by atoms with van der Waals surface area (Å²) in [4.78, 5) is 135. The molecule has 88 heavy (non-hydrogen) atoms. The topological polar surface area (TPSA) is 519 Å². The Hall–Kier alpha value is -10.1. The molecule has 5 aromatic rings. The lowest BCUT2D eigenvalue weighted by Gasteiger charge is -2.28. The molecule has 0 spiro atoms. The zero-order chi connectivity index (χ0) is 64.1. The summed E-state index contributed by atoms with van der Waals surface area (Å²) in [5, 5.41) is 68.9. The number of carboxylic acid groups (broad SMARTS) is 2. The van der Waals surface area contributed by atoms with Gasteiger partial charge in [0.05, 0.1) is 18.1 Å². The fraction of sp³-hybridized carbons (Fsp3) is 0.414. The molecule has 474 valence electrons. The maximum Gasteiger partial charge on any atom is 0.326 e. The number of aromatic hydroxyl groups is 1. The summed E-state index contributed by atoms with van der Waals surface area (Å²) in [6, 6.07) is 10.2. The number of carbonyl (C=O) groups is 9. The second kappa shape index (κ2) is 35.4. The van der Waals surface area contributed by atoms with Crippen LogP contribution in [0, 0.1) is 10.8 Å². The Morgan fingerprint density at radius 1 is 0.523 bits per heavy atom. The van der Waals surface area contributed by atoms with E-state index in [1.54, 1.807) is 72.9 Å². The fourth-order valence-electron chi connectivity index (χ4n) is 9.38. The van der Waals surface area contributed by atoms with E-state index in [1.165, 1.54) is 24.7 Å². The molecule has 5 rings (SSSR count). The lowest BCUT2D eigenvalue weighted by molar-refractivity contribution is -0.142. The highest BCUT2D eigenvalue weighted by Gasteiger charge is 2.35. The van der Waals surface area contributed by atoms with Crippen molar-refractivity contribution in [1.29, 1.82) is 10.8 Å². The quantitative estimate of drug-likeness (QED) is 0.0118. The number of rotatable bonds is 38. The maximum atomic E-state index is 14.6. The molecular formula is C58H80N18O12. The minimum absolute atomic E-state index is 0.00672. The van der Waals surface area contributed by atoms with Gasteiger partial charge in [0.25, 0.3) is 0 Å². The van der Waals surface area contributed by atoms with Crippen LogP contribution >= 0.6 is 0 Å². The molecule has 0 unspecified atom stereocenters. The van der Waals surface area contributed by atoms with Gasteiger partial charge in [0, 0.05) is 62.1 Å². The largest absolute Gasteiger partial charge is 0.508 e. The van der Waals surface area contributed by atoms with Gasteiger partial charge in [-0.25, -0.2) is 9.78 Å². The Labute approximate surface area is 506 Å². The summed E-state index contributed by atoms with van der Waals surface area (Å²) in [6.45, 7) is 0.455. The molecule has 0 aliphatic carbocycles. The number of phenols is 1. The highest BCUT2D eigenvalue weighted by molar-refractivity contribution is 5.98. The number of para-hydroxylation sites is 1. The van der Waals surface area contributed by atoms with Gasteiger partial charge in [-0.1, -0.05) is 60.7 Å². The predicted octanol–water partition coefficient (Wildman–Crippen LogP) is -1.81. The summed E-state index contributed by atoms with van der Waals surface area (Å²) in [6.07, 6.45) is 3.42. The molecule has 0 saturated heterocycles. The average molecular weight is 1220 g/mol. The van der Waals surface area contributed by atoms with E-state index in [2.05, 4.69) is 62.8 Å². The number of aromatic nitrogens is 3. The molecule has 3 aromatic carbocycles. The van der Waals surface area contributed by atoms with Gasteiger partial charge >= 0.3 is 11.9 Å². The summed E-state index contributed by atoms with van der Waals surface area (Å²) in [5.74, 6) is -9.64. The Bertz CT molecular complexity index is 3140. The number of benzene rings is 3. The van der Waals surface area contributed by atoms with Crippen LogP contribution in [0.1, 0.15) is 80.2 Å². The van der Waals surface area contributed by atoms with Crippen molar-refractivity contribution in [1.82, 2.24) is 62.8 Å². The van der Waals surface area contributed by atoms with Crippen LogP contribution in [0.25, 0.3) is 10.9 Å². The number of guanidine groups is 2. The van der Waals surface area contributed by atoms with E-state index < -0.39 is 114 Å². The second-order valence-electron chi connectivity index (χ2n) is 20.9. The number of aromatic amines is 2. The van der Waals surface area contributed by atoms with Crippen LogP contribution in [0.15, 0.2) is 97.6 Å². The number of unbranched alkanes of at least 4 members (excludes halogenated alkanes) is 1. The van der Waals surface area contributed by atoms with Gasteiger partial charge in [-0.05, 0) is 99.2 Å². The Kier molecular flexibility index (Phi) is 27.6. The Morgan fingerprint density at radius 3 is 1.55 bits per heavy atom. The number of nitrogens with two attached hydrogens (primary N) is 4. The first-order valence-corrected chi connectivity index (χ1v) is 28.6. The number of H-pyrrole nitrogens is 2. The molecule has 2 heterocycles. The third-order valence-corrected chi connectivity index (χ3v) is 14.1. The zero-order valence-corrected chi connectivity index (χ0v) is 48.4. The number of carboxylic acids is 2. The van der Waals surface area contributed by atoms with Gasteiger partial charge < -0.3 is 96.1 Å². The van der Waals surface area contributed by atoms with Crippen LogP contribution in [0.4, 0.5) is 0 Å². The first-order chi connectivity index (χ1) is 42.1. The minimum atomic E-state index is -1.69. The molecule has 0 fully saturated rings. The summed E-state index contributed by atoms with van der Waals surface area (Å²) in [7, 11) is 0. The van der Waals surface area contributed by atoms with E-state index in [1.807, 2.05) is 0 Å². The summed E-state index contributed by atoms with van der Waals surface area (Å²) < 4.78 is 0. The molecule has 2 aromatic heterocycles. The number of hydrogen-bond donors (Lipinski definition) is 20. The highest BCUT2D eigenvalue weighted by atomic mass is 16.4. The lowest BCUT2D eigenvalue weighted by atomic mass is 10.0. The SMILES string of the molecule is N=C(N)NCCC[C@H](NC(=O)[C@@H](N)Cc1ccc(O)cc1)C(=O)N[C@@H](Cc1ccccc1)C(=O)N[C@@H](CCCCN)C(=O)N[C@@H](CCC(=O)O)C(=O)N[C@@H](Cc1c[nH]cn1)C(=O)N[C@@H](Cc1c[nH]c2ccccc12)C(=O)N[C@H](CCCNC(=N)N)C(=O)O. The van der Waals surface area contributed by atoms with E-state index in [-0.39, 0.29) is 107 Å². The monoisotopic (exact) mass is 1220 g/mol. The summed E-state index contributed by atoms with van der Waals surface area (Å²) in [5.41, 5.74) is 25.7. The number of nitrogens with zero attached hydrogens (tertiary/aromatic N) is 1. The number of amides is 7. The summed E-state index contributed by atoms with van der Waals surface area (Å²) >= 11 is 0. The standard InChI is InChI=1S/C58H80N18O12/c59-23-7-6-14-41(71-53(84)45(27-33-10-2-1-3-11-33)74-51(82)42(15-8-24-66-57(61)62)70-49(80)39(60)26-34-17-19-37(77)20-18-34)50(81)72-43(21-22-48(78)79)52(83)76-47(29-36-31-65-32-69-36)55(86)75-46(28-35-30-68-40-13-5-4-12-38(35)40)54(85)73-44(56(87)88)16-9-25-67-58(63)64/h1-5,10-13,17-20,30-32,39,41-47,68,77H,6-9,14-16,21-29,59-60H2,(H,65,69)(H,70,80)(H,71,84)(H,72,81)(H,73,85)(H,74,82)(H,75,86)(H,76,83)(H,78,79)(H,87,88)(H4,61,62,66)(H4,63,64,67)/t39-,41-,42-,43-,44+,45-,46-,47-/m0/s1. The van der Waals surface area contributed by atoms with Gasteiger partial charge in [-0.3, -0.25) is 49.2 Å². The van der Waals surface area contributed by atoms with Crippen molar-refractivity contribution < 1.29 is 58.5 Å². The van der Waals surface area contributed by atoms with E-state index in [0.29, 0.717) is 34.0 Å². The first kappa shape index (κ1) is 68.7. The van der Waals surface area contributed by atoms with E-state index in [9.17, 15) is 58.5 Å². The third-order valence-electron chi connectivity index (χ3n) is 14.1. The number of hydrogen-bond acceptors (Lipinski definition) is 15. The van der Waals surface area contributed by atoms with Gasteiger partial charge in [0.15, 0.2) is 11.9 Å². The van der Waals surface area contributed by atoms with Crippen LogP contribution in [-0.4, -0.2) is 163 Å². The molecular weight excluding hydrogens is 1140 g/mol. The predicted molar refractivity (Wildman–Crippen MR) is 323 cm³/mol. The van der Waals surface area contributed by atoms with Crippen LogP contribution in [0.2, 0.25) is 0 Å². The van der Waals surface area contributed by atoms with Gasteiger partial charge in [-0.2, -0.15) is 0 Å². The van der Waals surface area contributed by atoms with Crippen LogP contribution in [-0.2, 0) is 68.8 Å². The van der Waals surface area contributed by atoms with Crippen molar-refractivity contribution in [3.63, 3.8) is 0 Å². The number of phenolic OH excluding ortho intramolecular Hbond substituents is 1. The van der Waals surface area contributed by atoms with E-state index in [0.717, 1.165) is 0 Å².